The van der Waals surface area contributed by atoms with Crippen molar-refractivity contribution in [3.05, 3.63) is 58.4 Å². The predicted octanol–water partition coefficient (Wildman–Crippen LogP) is 2.48. The summed E-state index contributed by atoms with van der Waals surface area (Å²) in [6, 6.07) is 9.75. The van der Waals surface area contributed by atoms with Crippen molar-refractivity contribution in [1.29, 1.82) is 0 Å². The number of imidazole rings is 1. The van der Waals surface area contributed by atoms with E-state index in [1.807, 2.05) is 0 Å². The van der Waals surface area contributed by atoms with Gasteiger partial charge in [0.1, 0.15) is 0 Å². The fourth-order valence-electron chi connectivity index (χ4n) is 3.33. The van der Waals surface area contributed by atoms with Gasteiger partial charge in [-0.05, 0) is 31.3 Å². The molecule has 9 heteroatoms. The Labute approximate surface area is 161 Å². The molecule has 2 N–H and O–H groups in total. The minimum absolute atomic E-state index is 0.0582. The van der Waals surface area contributed by atoms with E-state index in [1.54, 1.807) is 30.6 Å². The van der Waals surface area contributed by atoms with Gasteiger partial charge in [-0.15, -0.1) is 0 Å². The topological polar surface area (TPSA) is 107 Å². The Morgan fingerprint density at radius 3 is 2.71 bits per heavy atom. The number of nitrogens with zero attached hydrogens (tertiary/aromatic N) is 4. The third-order valence-electron chi connectivity index (χ3n) is 4.97. The molecule has 2 heterocycles. The molecule has 4 rings (SSSR count). The Morgan fingerprint density at radius 2 is 1.96 bits per heavy atom. The molecular weight excluding hydrogens is 360 g/mol. The van der Waals surface area contributed by atoms with Crippen LogP contribution in [0.15, 0.2) is 42.7 Å². The van der Waals surface area contributed by atoms with Crippen molar-refractivity contribution in [2.24, 2.45) is 0 Å². The minimum atomic E-state index is -0.458. The zero-order valence-corrected chi connectivity index (χ0v) is 15.4. The van der Waals surface area contributed by atoms with Gasteiger partial charge in [-0.2, -0.15) is 0 Å². The number of carbonyl (C=O) groups is 1. The van der Waals surface area contributed by atoms with E-state index in [0.29, 0.717) is 11.3 Å². The first-order valence-corrected chi connectivity index (χ1v) is 8.98. The third kappa shape index (κ3) is 3.52. The number of non-ortho nitro benzene ring substituents is 1. The monoisotopic (exact) mass is 380 g/mol. The number of piperazine rings is 1. The third-order valence-corrected chi connectivity index (χ3v) is 4.97. The average molecular weight is 380 g/mol. The fraction of sp³-hybridized carbons (Fsp3) is 0.263. The van der Waals surface area contributed by atoms with E-state index >= 15 is 0 Å². The Hall–Kier alpha value is -3.46. The van der Waals surface area contributed by atoms with Crippen LogP contribution in [0.2, 0.25) is 0 Å². The second-order valence-corrected chi connectivity index (χ2v) is 6.84. The largest absolute Gasteiger partial charge is 0.367 e. The van der Waals surface area contributed by atoms with E-state index in [0.717, 1.165) is 42.9 Å². The summed E-state index contributed by atoms with van der Waals surface area (Å²) < 4.78 is 0. The fourth-order valence-corrected chi connectivity index (χ4v) is 3.33. The van der Waals surface area contributed by atoms with Gasteiger partial charge < -0.3 is 20.1 Å². The zero-order chi connectivity index (χ0) is 19.7. The van der Waals surface area contributed by atoms with Gasteiger partial charge >= 0.3 is 0 Å². The number of H-pyrrole nitrogens is 1. The molecule has 1 aliphatic rings. The van der Waals surface area contributed by atoms with Crippen LogP contribution >= 0.6 is 0 Å². The molecular formula is C19H20N6O3. The highest BCUT2D eigenvalue weighted by molar-refractivity contribution is 6.07. The van der Waals surface area contributed by atoms with E-state index in [1.165, 1.54) is 12.1 Å². The molecule has 1 aromatic heterocycles. The highest BCUT2D eigenvalue weighted by Gasteiger charge is 2.21. The predicted molar refractivity (Wildman–Crippen MR) is 107 cm³/mol. The number of hydrogen-bond acceptors (Lipinski definition) is 6. The molecule has 0 spiro atoms. The minimum Gasteiger partial charge on any atom is -0.367 e. The number of aromatic nitrogens is 2. The van der Waals surface area contributed by atoms with Crippen molar-refractivity contribution < 1.29 is 9.72 Å². The summed E-state index contributed by atoms with van der Waals surface area (Å²) in [4.78, 5) is 35.0. The number of nitro groups is 1. The van der Waals surface area contributed by atoms with Crippen LogP contribution < -0.4 is 10.2 Å². The van der Waals surface area contributed by atoms with E-state index < -0.39 is 4.92 Å². The lowest BCUT2D eigenvalue weighted by atomic mass is 10.1. The smallest absolute Gasteiger partial charge is 0.271 e. The number of benzene rings is 2. The first-order chi connectivity index (χ1) is 13.5. The summed E-state index contributed by atoms with van der Waals surface area (Å²) in [7, 11) is 2.06. The van der Waals surface area contributed by atoms with Crippen LogP contribution in [0.5, 0.6) is 0 Å². The van der Waals surface area contributed by atoms with Gasteiger partial charge in [0.15, 0.2) is 0 Å². The van der Waals surface area contributed by atoms with Crippen LogP contribution in [-0.2, 0) is 0 Å². The lowest BCUT2D eigenvalue weighted by molar-refractivity contribution is -0.384. The second kappa shape index (κ2) is 7.28. The summed E-state index contributed by atoms with van der Waals surface area (Å²) >= 11 is 0. The second-order valence-electron chi connectivity index (χ2n) is 6.84. The van der Waals surface area contributed by atoms with Gasteiger partial charge in [0.2, 0.25) is 0 Å². The highest BCUT2D eigenvalue weighted by atomic mass is 16.6. The Kier molecular flexibility index (Phi) is 4.66. The summed E-state index contributed by atoms with van der Waals surface area (Å²) in [5, 5.41) is 14.1. The standard InChI is InChI=1S/C19H20N6O3/c1-23-6-8-24(9-7-23)18-5-3-14(25(27)28)11-17(18)22-19(26)13-2-4-15-16(10-13)21-12-20-15/h2-5,10-12H,6-9H2,1H3,(H,20,21)(H,22,26). The van der Waals surface area contributed by atoms with Gasteiger partial charge in [-0.25, -0.2) is 4.98 Å². The van der Waals surface area contributed by atoms with E-state index in [4.69, 9.17) is 0 Å². The Morgan fingerprint density at radius 1 is 1.18 bits per heavy atom. The number of carbonyl (C=O) groups excluding carboxylic acids is 1. The summed E-state index contributed by atoms with van der Waals surface area (Å²) in [6.07, 6.45) is 1.57. The molecule has 0 radical (unpaired) electrons. The average Bonchev–Trinajstić information content (AvgIpc) is 3.16. The Balaban J connectivity index is 1.64. The van der Waals surface area contributed by atoms with Gasteiger partial charge in [0.25, 0.3) is 11.6 Å². The molecule has 0 bridgehead atoms. The van der Waals surface area contributed by atoms with Crippen molar-refractivity contribution in [3.8, 4) is 0 Å². The number of likely N-dealkylation sites (N-methyl/N-ethyl adjacent to an activating group) is 1. The number of amides is 1. The molecule has 1 fully saturated rings. The zero-order valence-electron chi connectivity index (χ0n) is 15.4. The van der Waals surface area contributed by atoms with E-state index in [-0.39, 0.29) is 11.6 Å². The van der Waals surface area contributed by atoms with Crippen molar-refractivity contribution >= 4 is 34.0 Å². The van der Waals surface area contributed by atoms with Crippen LogP contribution in [0.3, 0.4) is 0 Å². The number of nitrogens with one attached hydrogen (secondary N) is 2. The normalized spacial score (nSPS) is 15.0. The maximum Gasteiger partial charge on any atom is 0.271 e. The molecule has 0 unspecified atom stereocenters. The summed E-state index contributed by atoms with van der Waals surface area (Å²) in [5.41, 5.74) is 3.14. The van der Waals surface area contributed by atoms with Crippen LogP contribution in [0.1, 0.15) is 10.4 Å². The maximum atomic E-state index is 12.8. The molecule has 1 amide bonds. The van der Waals surface area contributed by atoms with Crippen LogP contribution in [-0.4, -0.2) is 58.9 Å². The molecule has 0 atom stereocenters. The lowest BCUT2D eigenvalue weighted by Crippen LogP contribution is -2.44. The molecule has 28 heavy (non-hydrogen) atoms. The van der Waals surface area contributed by atoms with Crippen LogP contribution in [0.4, 0.5) is 17.1 Å². The van der Waals surface area contributed by atoms with Crippen molar-refractivity contribution in [2.75, 3.05) is 43.4 Å². The quantitative estimate of drug-likeness (QED) is 0.532. The molecule has 144 valence electrons. The molecule has 1 saturated heterocycles. The SMILES string of the molecule is CN1CCN(c2ccc([N+](=O)[O-])cc2NC(=O)c2ccc3nc[nH]c3c2)CC1. The van der Waals surface area contributed by atoms with E-state index in [9.17, 15) is 14.9 Å². The van der Waals surface area contributed by atoms with E-state index in [2.05, 4.69) is 32.1 Å². The molecule has 9 nitrogen and oxygen atoms in total. The lowest BCUT2D eigenvalue weighted by Gasteiger charge is -2.35. The molecule has 0 saturated carbocycles. The first-order valence-electron chi connectivity index (χ1n) is 8.98. The van der Waals surface area contributed by atoms with Crippen molar-refractivity contribution in [1.82, 2.24) is 14.9 Å². The number of anilines is 2. The van der Waals surface area contributed by atoms with Crippen molar-refractivity contribution in [2.45, 2.75) is 0 Å². The van der Waals surface area contributed by atoms with Crippen LogP contribution in [0.25, 0.3) is 11.0 Å². The highest BCUT2D eigenvalue weighted by Crippen LogP contribution is 2.31. The van der Waals surface area contributed by atoms with Gasteiger partial charge in [0.05, 0.1) is 33.7 Å². The summed E-state index contributed by atoms with van der Waals surface area (Å²) in [5.74, 6) is -0.327. The molecule has 0 aliphatic carbocycles. The number of nitro benzene ring substituents is 1. The summed E-state index contributed by atoms with van der Waals surface area (Å²) in [6.45, 7) is 3.36. The first kappa shape index (κ1) is 17.9. The number of fused-ring (bicyclic) bond motifs is 1. The molecule has 3 aromatic rings. The Bertz CT molecular complexity index is 1040. The van der Waals surface area contributed by atoms with Gasteiger partial charge in [-0.1, -0.05) is 0 Å². The van der Waals surface area contributed by atoms with Crippen molar-refractivity contribution in [3.63, 3.8) is 0 Å². The number of rotatable bonds is 4. The van der Waals surface area contributed by atoms with Gasteiger partial charge in [-0.3, -0.25) is 14.9 Å². The van der Waals surface area contributed by atoms with Crippen LogP contribution in [0, 0.1) is 10.1 Å². The number of hydrogen-bond donors (Lipinski definition) is 2. The molecule has 1 aliphatic heterocycles. The molecule has 2 aromatic carbocycles. The maximum absolute atomic E-state index is 12.8. The number of aromatic amines is 1. The van der Waals surface area contributed by atoms with Gasteiger partial charge in [0, 0.05) is 43.9 Å².